The molecule has 390 valence electrons. The monoisotopic (exact) mass is 966 g/mol. The van der Waals surface area contributed by atoms with Gasteiger partial charge in [-0.1, -0.05) is 110 Å². The number of nitrogens with two attached hydrogens (primary N) is 1. The summed E-state index contributed by atoms with van der Waals surface area (Å²) < 4.78 is 21.6. The zero-order chi connectivity index (χ0) is 49.9. The number of carbonyl (C=O) groups is 7. The minimum atomic E-state index is -1.15. The number of unbranched alkanes of at least 4 members (excludes halogenated alkanes) is 16. The van der Waals surface area contributed by atoms with Crippen LogP contribution in [-0.4, -0.2) is 133 Å². The van der Waals surface area contributed by atoms with E-state index in [1.54, 1.807) is 6.20 Å². The number of imidazole rings is 1. The molecule has 3 atom stereocenters. The topological polar surface area (TPSA) is 276 Å². The van der Waals surface area contributed by atoms with Gasteiger partial charge in [-0.15, -0.1) is 0 Å². The highest BCUT2D eigenvalue weighted by Gasteiger charge is 2.25. The molecule has 18 heteroatoms. The van der Waals surface area contributed by atoms with Crippen LogP contribution >= 0.6 is 0 Å². The Morgan fingerprint density at radius 1 is 0.603 bits per heavy atom. The van der Waals surface area contributed by atoms with Crippen LogP contribution in [0.25, 0.3) is 0 Å². The zero-order valence-electron chi connectivity index (χ0n) is 41.3. The van der Waals surface area contributed by atoms with Crippen molar-refractivity contribution in [3.63, 3.8) is 0 Å². The Labute approximate surface area is 405 Å². The van der Waals surface area contributed by atoms with Gasteiger partial charge in [0.05, 0.1) is 51.3 Å². The van der Waals surface area contributed by atoms with Gasteiger partial charge >= 0.3 is 11.9 Å². The summed E-state index contributed by atoms with van der Waals surface area (Å²) >= 11 is 0. The van der Waals surface area contributed by atoms with E-state index in [0.717, 1.165) is 25.7 Å². The van der Waals surface area contributed by atoms with Crippen LogP contribution in [0.15, 0.2) is 12.5 Å². The number of amides is 2. The molecule has 18 nitrogen and oxygen atoms in total. The van der Waals surface area contributed by atoms with Crippen LogP contribution in [0.5, 0.6) is 0 Å². The van der Waals surface area contributed by atoms with Crippen molar-refractivity contribution in [2.75, 3.05) is 59.4 Å². The summed E-state index contributed by atoms with van der Waals surface area (Å²) in [5, 5.41) is 24.3. The lowest BCUT2D eigenvalue weighted by Gasteiger charge is -2.15. The molecule has 1 aromatic heterocycles. The molecule has 0 saturated heterocycles. The highest BCUT2D eigenvalue weighted by atomic mass is 16.5. The summed E-state index contributed by atoms with van der Waals surface area (Å²) in [5.41, 5.74) is 6.65. The van der Waals surface area contributed by atoms with Crippen molar-refractivity contribution in [3.05, 3.63) is 18.2 Å². The Hall–Kier alpha value is -4.10. The molecule has 0 aliphatic carbocycles. The summed E-state index contributed by atoms with van der Waals surface area (Å²) in [6, 6.07) is -1.90. The molecule has 7 N–H and O–H groups in total. The highest BCUT2D eigenvalue weighted by Crippen LogP contribution is 2.18. The lowest BCUT2D eigenvalue weighted by atomic mass is 9.92. The second-order valence-corrected chi connectivity index (χ2v) is 17.7. The number of nitrogens with one attached hydrogen (secondary N) is 3. The quantitative estimate of drug-likeness (QED) is 0.0375. The van der Waals surface area contributed by atoms with Gasteiger partial charge in [0, 0.05) is 63.6 Å². The Kier molecular flexibility index (Phi) is 39.1. The first kappa shape index (κ1) is 61.9. The van der Waals surface area contributed by atoms with Crippen LogP contribution in [-0.2, 0) is 58.9 Å². The number of rotatable bonds is 50. The number of carboxylic acids is 2. The predicted octanol–water partition coefficient (Wildman–Crippen LogP) is 6.60. The number of ether oxygens (including phenoxy) is 4. The van der Waals surface area contributed by atoms with E-state index in [1.165, 1.54) is 77.0 Å². The first-order valence-corrected chi connectivity index (χ1v) is 25.5. The molecule has 0 spiro atoms. The van der Waals surface area contributed by atoms with Gasteiger partial charge in [-0.25, -0.2) is 9.78 Å². The van der Waals surface area contributed by atoms with Crippen LogP contribution in [0, 0.1) is 5.92 Å². The molecular formula is C50H87N5O13. The molecule has 1 unspecified atom stereocenters. The Morgan fingerprint density at radius 2 is 1.16 bits per heavy atom. The molecule has 0 aromatic carbocycles. The molecule has 0 bridgehead atoms. The molecule has 0 saturated carbocycles. The van der Waals surface area contributed by atoms with E-state index in [0.29, 0.717) is 50.8 Å². The average Bonchev–Trinajstić information content (AvgIpc) is 3.83. The molecule has 1 heterocycles. The SMILES string of the molecule is CCCCCCCCCCCCCCCCCC(=O)NC(CCC(=O)CCCOCCOCC(=O)NCCOCCOCC(=O)CCCCC[C@H](CC(=O)[C@@H](N)Cc1cnc[nH]1)C(=O)O)C(=O)O. The fourth-order valence-electron chi connectivity index (χ4n) is 7.50. The van der Waals surface area contributed by atoms with Crippen LogP contribution in [0.2, 0.25) is 0 Å². The van der Waals surface area contributed by atoms with Gasteiger partial charge in [-0.3, -0.25) is 28.8 Å². The molecule has 1 rings (SSSR count). The van der Waals surface area contributed by atoms with E-state index >= 15 is 0 Å². The second kappa shape index (κ2) is 43.0. The van der Waals surface area contributed by atoms with E-state index < -0.39 is 29.9 Å². The van der Waals surface area contributed by atoms with Crippen molar-refractivity contribution in [2.24, 2.45) is 11.7 Å². The molecular weight excluding hydrogens is 879 g/mol. The van der Waals surface area contributed by atoms with E-state index in [4.69, 9.17) is 24.7 Å². The number of hydrogen-bond acceptors (Lipinski definition) is 13. The molecule has 1 aromatic rings. The zero-order valence-corrected chi connectivity index (χ0v) is 41.3. The summed E-state index contributed by atoms with van der Waals surface area (Å²) in [6.45, 7) is 3.72. The number of Topliss-reactive ketones (excluding diaryl/α,β-unsaturated/α-hetero) is 3. The summed E-state index contributed by atoms with van der Waals surface area (Å²) in [5.74, 6) is -4.11. The maximum absolute atomic E-state index is 12.4. The minimum absolute atomic E-state index is 0.0438. The van der Waals surface area contributed by atoms with Crippen LogP contribution in [0.4, 0.5) is 0 Å². The third kappa shape index (κ3) is 36.9. The largest absolute Gasteiger partial charge is 0.481 e. The number of aromatic amines is 1. The number of carboxylic acid groups (broad SMARTS) is 2. The van der Waals surface area contributed by atoms with Gasteiger partial charge in [-0.2, -0.15) is 0 Å². The van der Waals surface area contributed by atoms with Gasteiger partial charge in [0.2, 0.25) is 11.8 Å². The molecule has 0 fully saturated rings. The number of aromatic nitrogens is 2. The van der Waals surface area contributed by atoms with Crippen LogP contribution < -0.4 is 16.4 Å². The smallest absolute Gasteiger partial charge is 0.326 e. The molecule has 2 amide bonds. The second-order valence-electron chi connectivity index (χ2n) is 17.7. The van der Waals surface area contributed by atoms with E-state index in [1.807, 2.05) is 0 Å². The number of H-pyrrole nitrogens is 1. The minimum Gasteiger partial charge on any atom is -0.481 e. The Balaban J connectivity index is 1.93. The fraction of sp³-hybridized carbons (Fsp3) is 0.800. The first-order valence-electron chi connectivity index (χ1n) is 25.5. The van der Waals surface area contributed by atoms with Gasteiger partial charge in [0.25, 0.3) is 0 Å². The van der Waals surface area contributed by atoms with Crippen molar-refractivity contribution >= 4 is 41.1 Å². The van der Waals surface area contributed by atoms with Crippen molar-refractivity contribution in [1.29, 1.82) is 0 Å². The summed E-state index contributed by atoms with van der Waals surface area (Å²) in [7, 11) is 0. The maximum Gasteiger partial charge on any atom is 0.326 e. The third-order valence-electron chi connectivity index (χ3n) is 11.6. The van der Waals surface area contributed by atoms with Crippen molar-refractivity contribution in [2.45, 2.75) is 192 Å². The molecule has 0 aliphatic rings. The van der Waals surface area contributed by atoms with E-state index in [2.05, 4.69) is 27.5 Å². The summed E-state index contributed by atoms with van der Waals surface area (Å²) in [6.07, 6.45) is 25.1. The van der Waals surface area contributed by atoms with Crippen molar-refractivity contribution in [3.8, 4) is 0 Å². The normalized spacial score (nSPS) is 12.6. The molecule has 68 heavy (non-hydrogen) atoms. The Morgan fingerprint density at radius 3 is 1.76 bits per heavy atom. The van der Waals surface area contributed by atoms with Gasteiger partial charge in [0.15, 0.2) is 11.6 Å². The number of ketones is 3. The predicted molar refractivity (Wildman–Crippen MR) is 258 cm³/mol. The number of carbonyl (C=O) groups excluding carboxylic acids is 5. The number of nitrogens with zero attached hydrogens (tertiary/aromatic N) is 1. The third-order valence-corrected chi connectivity index (χ3v) is 11.6. The first-order chi connectivity index (χ1) is 32.9. The molecule has 0 radical (unpaired) electrons. The van der Waals surface area contributed by atoms with Crippen LogP contribution in [0.3, 0.4) is 0 Å². The van der Waals surface area contributed by atoms with Crippen molar-refractivity contribution < 1.29 is 62.7 Å². The lowest BCUT2D eigenvalue weighted by Crippen LogP contribution is -2.41. The lowest BCUT2D eigenvalue weighted by molar-refractivity contribution is -0.144. The highest BCUT2D eigenvalue weighted by molar-refractivity contribution is 5.88. The van der Waals surface area contributed by atoms with Gasteiger partial charge in [-0.05, 0) is 32.1 Å². The van der Waals surface area contributed by atoms with Gasteiger partial charge in [0.1, 0.15) is 25.0 Å². The van der Waals surface area contributed by atoms with E-state index in [-0.39, 0.29) is 120 Å². The van der Waals surface area contributed by atoms with Crippen LogP contribution in [0.1, 0.15) is 180 Å². The van der Waals surface area contributed by atoms with Crippen molar-refractivity contribution in [1.82, 2.24) is 20.6 Å². The standard InChI is InChI=1S/C50H87N5O13/c1-2-3-4-5-6-7-8-9-10-11-12-13-14-15-19-24-47(59)55-45(50(63)64)26-25-42(56)23-20-28-65-30-33-68-38-48(60)53-27-29-66-31-32-67-37-43(57)22-18-16-17-21-40(49(61)62)34-46(58)44(51)35-41-36-52-39-54-41/h36,39-40,44-45H,2-35,37-38,51H2,1H3,(H,52,54)(H,53,60)(H,55,59)(H,61,62)(H,63,64)/t40-,44+,45?/m1/s1. The summed E-state index contributed by atoms with van der Waals surface area (Å²) in [4.78, 5) is 91.4. The molecule has 0 aliphatic heterocycles. The maximum atomic E-state index is 12.4. The average molecular weight is 966 g/mol. The fourth-order valence-corrected chi connectivity index (χ4v) is 7.50. The van der Waals surface area contributed by atoms with Gasteiger partial charge < -0.3 is 50.5 Å². The van der Waals surface area contributed by atoms with E-state index in [9.17, 15) is 43.8 Å². The Bertz CT molecular complexity index is 1500. The number of aliphatic carboxylic acids is 2. The number of hydrogen-bond donors (Lipinski definition) is 6.